The number of aryl methyl sites for hydroxylation is 2. The van der Waals surface area contributed by atoms with Crippen LogP contribution in [0, 0.1) is 13.8 Å². The fourth-order valence-electron chi connectivity index (χ4n) is 2.42. The summed E-state index contributed by atoms with van der Waals surface area (Å²) in [6.45, 7) is 7.90. The zero-order valence-electron chi connectivity index (χ0n) is 12.7. The van der Waals surface area contributed by atoms with E-state index in [2.05, 4.69) is 54.7 Å². The van der Waals surface area contributed by atoms with Crippen LogP contribution in [0.4, 0.5) is 0 Å². The summed E-state index contributed by atoms with van der Waals surface area (Å²) < 4.78 is 8.07. The molecule has 0 fully saturated rings. The van der Waals surface area contributed by atoms with E-state index < -0.39 is 0 Å². The third kappa shape index (κ3) is 2.81. The summed E-state index contributed by atoms with van der Waals surface area (Å²) in [6, 6.07) is 8.37. The number of hydrogen-bond acceptors (Lipinski definition) is 3. The number of fused-ring (bicyclic) bond motifs is 1. The lowest BCUT2D eigenvalue weighted by Crippen LogP contribution is -1.98. The second-order valence-corrected chi connectivity index (χ2v) is 6.52. The maximum Gasteiger partial charge on any atom is 0.128 e. The first-order chi connectivity index (χ1) is 10.2. The first kappa shape index (κ1) is 14.1. The molecule has 0 aliphatic rings. The second-order valence-electron chi connectivity index (χ2n) is 5.23. The topological polar surface area (TPSA) is 27.1 Å². The first-order valence-electron chi connectivity index (χ1n) is 7.32. The van der Waals surface area contributed by atoms with Crippen LogP contribution in [0.15, 0.2) is 30.5 Å². The second kappa shape index (κ2) is 5.90. The Morgan fingerprint density at radius 2 is 2.10 bits per heavy atom. The predicted molar refractivity (Wildman–Crippen MR) is 88.4 cm³/mol. The average molecular weight is 300 g/mol. The molecule has 4 heteroatoms. The van der Waals surface area contributed by atoms with Crippen molar-refractivity contribution in [3.63, 3.8) is 0 Å². The molecule has 21 heavy (non-hydrogen) atoms. The van der Waals surface area contributed by atoms with Gasteiger partial charge in [0.1, 0.15) is 10.8 Å². The fraction of sp³-hybridized carbons (Fsp3) is 0.353. The van der Waals surface area contributed by atoms with E-state index in [-0.39, 0.29) is 0 Å². The van der Waals surface area contributed by atoms with Crippen LogP contribution < -0.4 is 4.74 Å². The SMILES string of the molecule is CCCOc1cccc2c1ccn2Cc1nc(C)c(C)s1. The minimum atomic E-state index is 0.759. The van der Waals surface area contributed by atoms with Crippen LogP contribution >= 0.6 is 11.3 Å². The zero-order valence-corrected chi connectivity index (χ0v) is 13.5. The highest BCUT2D eigenvalue weighted by Crippen LogP contribution is 2.28. The molecule has 0 atom stereocenters. The summed E-state index contributed by atoms with van der Waals surface area (Å²) in [7, 11) is 0. The van der Waals surface area contributed by atoms with E-state index in [1.165, 1.54) is 15.8 Å². The van der Waals surface area contributed by atoms with Gasteiger partial charge in [0.2, 0.25) is 0 Å². The fourth-order valence-corrected chi connectivity index (χ4v) is 3.36. The zero-order chi connectivity index (χ0) is 14.8. The van der Waals surface area contributed by atoms with Crippen molar-refractivity contribution in [2.45, 2.75) is 33.7 Å². The standard InChI is InChI=1S/C17H20N2OS/c1-4-10-20-16-7-5-6-15-14(16)8-9-19(15)11-17-18-12(2)13(3)21-17/h5-9H,4,10-11H2,1-3H3. The first-order valence-corrected chi connectivity index (χ1v) is 8.14. The van der Waals surface area contributed by atoms with Crippen molar-refractivity contribution < 1.29 is 4.74 Å². The van der Waals surface area contributed by atoms with E-state index in [4.69, 9.17) is 4.74 Å². The van der Waals surface area contributed by atoms with Gasteiger partial charge in [-0.2, -0.15) is 0 Å². The van der Waals surface area contributed by atoms with Crippen molar-refractivity contribution in [3.8, 4) is 5.75 Å². The summed E-state index contributed by atoms with van der Waals surface area (Å²) >= 11 is 1.78. The molecular formula is C17H20N2OS. The smallest absolute Gasteiger partial charge is 0.128 e. The minimum Gasteiger partial charge on any atom is -0.493 e. The summed E-state index contributed by atoms with van der Waals surface area (Å²) in [5.74, 6) is 0.972. The molecular weight excluding hydrogens is 280 g/mol. The molecule has 3 rings (SSSR count). The summed E-state index contributed by atoms with van der Waals surface area (Å²) in [4.78, 5) is 5.93. The summed E-state index contributed by atoms with van der Waals surface area (Å²) in [5.41, 5.74) is 2.34. The van der Waals surface area contributed by atoms with E-state index >= 15 is 0 Å². The molecule has 0 amide bonds. The Balaban J connectivity index is 1.93. The Bertz CT molecular complexity index is 738. The van der Waals surface area contributed by atoms with Gasteiger partial charge in [-0.3, -0.25) is 0 Å². The molecule has 0 aliphatic heterocycles. The van der Waals surface area contributed by atoms with Gasteiger partial charge in [-0.15, -0.1) is 11.3 Å². The largest absolute Gasteiger partial charge is 0.493 e. The third-order valence-corrected chi connectivity index (χ3v) is 4.67. The molecule has 0 N–H and O–H groups in total. The van der Waals surface area contributed by atoms with Gasteiger partial charge in [0.25, 0.3) is 0 Å². The number of nitrogens with zero attached hydrogens (tertiary/aromatic N) is 2. The summed E-state index contributed by atoms with van der Waals surface area (Å²) in [5, 5.41) is 2.33. The average Bonchev–Trinajstić information content (AvgIpc) is 3.02. The van der Waals surface area contributed by atoms with Crippen LogP contribution in [0.5, 0.6) is 5.75 Å². The molecule has 0 saturated heterocycles. The van der Waals surface area contributed by atoms with Crippen LogP contribution in [0.1, 0.15) is 28.9 Å². The Morgan fingerprint density at radius 3 is 2.81 bits per heavy atom. The van der Waals surface area contributed by atoms with Gasteiger partial charge in [0, 0.05) is 16.5 Å². The van der Waals surface area contributed by atoms with Crippen LogP contribution in [0.25, 0.3) is 10.9 Å². The van der Waals surface area contributed by atoms with Crippen molar-refractivity contribution in [1.29, 1.82) is 0 Å². The maximum absolute atomic E-state index is 5.83. The van der Waals surface area contributed by atoms with Gasteiger partial charge >= 0.3 is 0 Å². The number of hydrogen-bond donors (Lipinski definition) is 0. The van der Waals surface area contributed by atoms with Crippen molar-refractivity contribution in [2.75, 3.05) is 6.61 Å². The number of ether oxygens (including phenoxy) is 1. The van der Waals surface area contributed by atoms with Gasteiger partial charge in [-0.05, 0) is 38.5 Å². The summed E-state index contributed by atoms with van der Waals surface area (Å²) in [6.07, 6.45) is 3.14. The lowest BCUT2D eigenvalue weighted by atomic mass is 10.2. The van der Waals surface area contributed by atoms with E-state index in [0.717, 1.165) is 36.0 Å². The van der Waals surface area contributed by atoms with Crippen molar-refractivity contribution >= 4 is 22.2 Å². The van der Waals surface area contributed by atoms with Crippen LogP contribution in [0.3, 0.4) is 0 Å². The third-order valence-electron chi connectivity index (χ3n) is 3.61. The lowest BCUT2D eigenvalue weighted by molar-refractivity contribution is 0.321. The van der Waals surface area contributed by atoms with Gasteiger partial charge in [-0.25, -0.2) is 4.98 Å². The molecule has 110 valence electrons. The van der Waals surface area contributed by atoms with Crippen molar-refractivity contribution in [2.24, 2.45) is 0 Å². The molecule has 2 heterocycles. The highest BCUT2D eigenvalue weighted by molar-refractivity contribution is 7.11. The monoisotopic (exact) mass is 300 g/mol. The quantitative estimate of drug-likeness (QED) is 0.691. The van der Waals surface area contributed by atoms with Gasteiger partial charge < -0.3 is 9.30 Å². The Kier molecular flexibility index (Phi) is 3.97. The van der Waals surface area contributed by atoms with E-state index in [1.807, 2.05) is 6.07 Å². The van der Waals surface area contributed by atoms with Gasteiger partial charge in [0.15, 0.2) is 0 Å². The van der Waals surface area contributed by atoms with Crippen molar-refractivity contribution in [3.05, 3.63) is 46.0 Å². The molecule has 0 spiro atoms. The van der Waals surface area contributed by atoms with E-state index in [9.17, 15) is 0 Å². The molecule has 0 radical (unpaired) electrons. The Labute approximate surface area is 129 Å². The molecule has 2 aromatic heterocycles. The molecule has 3 aromatic rings. The molecule has 0 bridgehead atoms. The Morgan fingerprint density at radius 1 is 1.24 bits per heavy atom. The minimum absolute atomic E-state index is 0.759. The number of thiazole rings is 1. The number of rotatable bonds is 5. The normalized spacial score (nSPS) is 11.2. The molecule has 1 aromatic carbocycles. The van der Waals surface area contributed by atoms with Gasteiger partial charge in [-0.1, -0.05) is 13.0 Å². The molecule has 0 unspecified atom stereocenters. The predicted octanol–water partition coefficient (Wildman–Crippen LogP) is 4.55. The molecule has 3 nitrogen and oxygen atoms in total. The van der Waals surface area contributed by atoms with Crippen LogP contribution in [0.2, 0.25) is 0 Å². The van der Waals surface area contributed by atoms with Crippen LogP contribution in [-0.4, -0.2) is 16.2 Å². The lowest BCUT2D eigenvalue weighted by Gasteiger charge is -2.07. The van der Waals surface area contributed by atoms with E-state index in [1.54, 1.807) is 11.3 Å². The molecule has 0 aliphatic carbocycles. The maximum atomic E-state index is 5.83. The number of aromatic nitrogens is 2. The number of benzene rings is 1. The van der Waals surface area contributed by atoms with Crippen LogP contribution in [-0.2, 0) is 6.54 Å². The highest BCUT2D eigenvalue weighted by atomic mass is 32.1. The van der Waals surface area contributed by atoms with Crippen molar-refractivity contribution in [1.82, 2.24) is 9.55 Å². The highest BCUT2D eigenvalue weighted by Gasteiger charge is 2.09. The van der Waals surface area contributed by atoms with E-state index in [0.29, 0.717) is 0 Å². The Hall–Kier alpha value is -1.81. The van der Waals surface area contributed by atoms with Gasteiger partial charge in [0.05, 0.1) is 24.4 Å². The molecule has 0 saturated carbocycles.